The van der Waals surface area contributed by atoms with E-state index in [0.717, 1.165) is 27.8 Å². The van der Waals surface area contributed by atoms with Gasteiger partial charge in [-0.25, -0.2) is 4.98 Å². The van der Waals surface area contributed by atoms with Crippen molar-refractivity contribution in [1.82, 2.24) is 9.55 Å². The van der Waals surface area contributed by atoms with Gasteiger partial charge in [0.15, 0.2) is 5.16 Å². The topological polar surface area (TPSA) is 77.1 Å². The number of nitrogens with one attached hydrogen (secondary N) is 1. The zero-order chi connectivity index (χ0) is 23.8. The monoisotopic (exact) mass is 469 g/mol. The zero-order valence-corrected chi connectivity index (χ0v) is 19.9. The van der Waals surface area contributed by atoms with Gasteiger partial charge in [0, 0.05) is 11.1 Å². The summed E-state index contributed by atoms with van der Waals surface area (Å²) in [7, 11) is 0. The lowest BCUT2D eigenvalue weighted by molar-refractivity contribution is -0.113. The van der Waals surface area contributed by atoms with Crippen LogP contribution in [0.2, 0.25) is 0 Å². The highest BCUT2D eigenvalue weighted by Gasteiger charge is 2.20. The van der Waals surface area contributed by atoms with Crippen molar-refractivity contribution in [2.75, 3.05) is 11.1 Å². The molecule has 0 aliphatic heterocycles. The largest absolute Gasteiger partial charge is 0.448 e. The fraction of sp³-hybridized carbons (Fsp3) is 0.148. The van der Waals surface area contributed by atoms with Crippen molar-refractivity contribution in [2.24, 2.45) is 0 Å². The van der Waals surface area contributed by atoms with Crippen molar-refractivity contribution >= 4 is 45.4 Å². The molecule has 5 rings (SSSR count). The van der Waals surface area contributed by atoms with Crippen LogP contribution >= 0.6 is 11.8 Å². The van der Waals surface area contributed by atoms with Crippen LogP contribution in [0.15, 0.2) is 81.1 Å². The second kappa shape index (κ2) is 8.83. The van der Waals surface area contributed by atoms with E-state index in [2.05, 4.69) is 5.32 Å². The molecule has 170 valence electrons. The Morgan fingerprint density at radius 2 is 1.79 bits per heavy atom. The SMILES string of the molecule is Cc1cccc(-n2c(SCC(=O)Nc3cc(C)ccc3C)nc3c(oc4ccccc43)c2=O)c1. The molecule has 3 aromatic carbocycles. The van der Waals surface area contributed by atoms with E-state index in [9.17, 15) is 9.59 Å². The van der Waals surface area contributed by atoms with Gasteiger partial charge in [-0.2, -0.15) is 0 Å². The number of rotatable bonds is 5. The third kappa shape index (κ3) is 4.10. The molecule has 34 heavy (non-hydrogen) atoms. The number of carbonyl (C=O) groups is 1. The molecule has 0 fully saturated rings. The number of furan rings is 1. The summed E-state index contributed by atoms with van der Waals surface area (Å²) < 4.78 is 7.40. The third-order valence-corrected chi connectivity index (χ3v) is 6.56. The van der Waals surface area contributed by atoms with Crippen LogP contribution in [-0.2, 0) is 4.79 Å². The van der Waals surface area contributed by atoms with Crippen LogP contribution in [0.1, 0.15) is 16.7 Å². The summed E-state index contributed by atoms with van der Waals surface area (Å²) >= 11 is 1.22. The van der Waals surface area contributed by atoms with Gasteiger partial charge in [-0.05, 0) is 67.8 Å². The van der Waals surface area contributed by atoms with E-state index in [1.807, 2.05) is 87.5 Å². The quantitative estimate of drug-likeness (QED) is 0.260. The number of hydrogen-bond donors (Lipinski definition) is 1. The summed E-state index contributed by atoms with van der Waals surface area (Å²) in [5.74, 6) is -0.0617. The smallest absolute Gasteiger partial charge is 0.302 e. The van der Waals surface area contributed by atoms with Crippen LogP contribution in [0.4, 0.5) is 5.69 Å². The van der Waals surface area contributed by atoms with Gasteiger partial charge in [0.1, 0.15) is 11.1 Å². The predicted octanol–water partition coefficient (Wildman–Crippen LogP) is 5.79. The van der Waals surface area contributed by atoms with Gasteiger partial charge in [0.2, 0.25) is 11.5 Å². The molecule has 0 unspecified atom stereocenters. The van der Waals surface area contributed by atoms with Gasteiger partial charge in [0.05, 0.1) is 11.4 Å². The maximum absolute atomic E-state index is 13.6. The van der Waals surface area contributed by atoms with Gasteiger partial charge in [0.25, 0.3) is 0 Å². The Balaban J connectivity index is 1.56. The molecule has 0 saturated carbocycles. The van der Waals surface area contributed by atoms with E-state index in [1.165, 1.54) is 16.3 Å². The Labute approximate surface area is 200 Å². The van der Waals surface area contributed by atoms with Crippen molar-refractivity contribution < 1.29 is 9.21 Å². The number of fused-ring (bicyclic) bond motifs is 3. The molecule has 1 amide bonds. The van der Waals surface area contributed by atoms with Gasteiger partial charge in [-0.15, -0.1) is 0 Å². The van der Waals surface area contributed by atoms with Crippen molar-refractivity contribution in [3.05, 3.63) is 93.8 Å². The Bertz CT molecular complexity index is 1620. The summed E-state index contributed by atoms with van der Waals surface area (Å²) in [6.45, 7) is 5.90. The van der Waals surface area contributed by atoms with Crippen LogP contribution in [-0.4, -0.2) is 21.2 Å². The Kier molecular flexibility index (Phi) is 5.71. The summed E-state index contributed by atoms with van der Waals surface area (Å²) in [6.07, 6.45) is 0. The van der Waals surface area contributed by atoms with Gasteiger partial charge in [-0.1, -0.05) is 48.2 Å². The predicted molar refractivity (Wildman–Crippen MR) is 137 cm³/mol. The Morgan fingerprint density at radius 3 is 2.62 bits per heavy atom. The molecule has 1 N–H and O–H groups in total. The Hall–Kier alpha value is -3.84. The molecular formula is C27H23N3O3S. The third-order valence-electron chi connectivity index (χ3n) is 5.62. The van der Waals surface area contributed by atoms with E-state index in [4.69, 9.17) is 9.40 Å². The zero-order valence-electron chi connectivity index (χ0n) is 19.1. The number of para-hydroxylation sites is 1. The maximum Gasteiger partial charge on any atom is 0.302 e. The van der Waals surface area contributed by atoms with Gasteiger partial charge in [-0.3, -0.25) is 14.2 Å². The van der Waals surface area contributed by atoms with E-state index in [0.29, 0.717) is 21.9 Å². The number of hydrogen-bond acceptors (Lipinski definition) is 5. The van der Waals surface area contributed by atoms with Crippen molar-refractivity contribution in [3.8, 4) is 5.69 Å². The average molecular weight is 470 g/mol. The van der Waals surface area contributed by atoms with Crippen LogP contribution in [0, 0.1) is 20.8 Å². The number of anilines is 1. The Morgan fingerprint density at radius 1 is 1.00 bits per heavy atom. The average Bonchev–Trinajstić information content (AvgIpc) is 3.19. The lowest BCUT2D eigenvalue weighted by Crippen LogP contribution is -2.22. The number of aromatic nitrogens is 2. The standard InChI is InChI=1S/C27H23N3O3S/c1-16-7-6-8-19(13-16)30-26(32)25-24(20-9-4-5-10-22(20)33-25)29-27(30)34-15-23(31)28-21-14-17(2)11-12-18(21)3/h4-14H,15H2,1-3H3,(H,28,31). The normalized spacial score (nSPS) is 11.3. The first-order chi connectivity index (χ1) is 16.4. The van der Waals surface area contributed by atoms with E-state index >= 15 is 0 Å². The summed E-state index contributed by atoms with van der Waals surface area (Å²) in [4.78, 5) is 31.2. The number of benzene rings is 3. The highest BCUT2D eigenvalue weighted by Crippen LogP contribution is 2.29. The summed E-state index contributed by atoms with van der Waals surface area (Å²) in [5, 5.41) is 4.18. The van der Waals surface area contributed by atoms with Gasteiger partial charge >= 0.3 is 5.56 Å². The fourth-order valence-corrected chi connectivity index (χ4v) is 4.71. The molecule has 2 heterocycles. The second-order valence-corrected chi connectivity index (χ2v) is 9.25. The lowest BCUT2D eigenvalue weighted by Gasteiger charge is -2.13. The first kappa shape index (κ1) is 22.0. The molecule has 5 aromatic rings. The van der Waals surface area contributed by atoms with Crippen LogP contribution in [0.3, 0.4) is 0 Å². The summed E-state index contributed by atoms with van der Waals surface area (Å²) in [5.41, 5.74) is 5.54. The van der Waals surface area contributed by atoms with Crippen molar-refractivity contribution in [2.45, 2.75) is 25.9 Å². The lowest BCUT2D eigenvalue weighted by atomic mass is 10.1. The highest BCUT2D eigenvalue weighted by molar-refractivity contribution is 7.99. The molecular weight excluding hydrogens is 446 g/mol. The minimum Gasteiger partial charge on any atom is -0.448 e. The van der Waals surface area contributed by atoms with Crippen molar-refractivity contribution in [3.63, 3.8) is 0 Å². The number of amides is 1. The maximum atomic E-state index is 13.6. The molecule has 0 aliphatic rings. The van der Waals surface area contributed by atoms with E-state index in [1.54, 1.807) is 0 Å². The molecule has 7 heteroatoms. The molecule has 2 aromatic heterocycles. The van der Waals surface area contributed by atoms with Crippen LogP contribution in [0.5, 0.6) is 0 Å². The molecule has 0 bridgehead atoms. The summed E-state index contributed by atoms with van der Waals surface area (Å²) in [6, 6.07) is 21.0. The molecule has 6 nitrogen and oxygen atoms in total. The minimum absolute atomic E-state index is 0.104. The first-order valence-corrected chi connectivity index (χ1v) is 11.9. The first-order valence-electron chi connectivity index (χ1n) is 10.9. The van der Waals surface area contributed by atoms with Crippen LogP contribution < -0.4 is 10.9 Å². The second-order valence-electron chi connectivity index (χ2n) is 8.31. The molecule has 0 aliphatic carbocycles. The van der Waals surface area contributed by atoms with E-state index in [-0.39, 0.29) is 22.8 Å². The number of aryl methyl sites for hydroxylation is 3. The minimum atomic E-state index is -0.302. The number of thioether (sulfide) groups is 1. The van der Waals surface area contributed by atoms with Crippen LogP contribution in [0.25, 0.3) is 27.8 Å². The number of nitrogens with zero attached hydrogens (tertiary/aromatic N) is 2. The molecule has 0 spiro atoms. The van der Waals surface area contributed by atoms with Crippen molar-refractivity contribution in [1.29, 1.82) is 0 Å². The highest BCUT2D eigenvalue weighted by atomic mass is 32.2. The molecule has 0 atom stereocenters. The van der Waals surface area contributed by atoms with Gasteiger partial charge < -0.3 is 9.73 Å². The fourth-order valence-electron chi connectivity index (χ4n) is 3.90. The molecule has 0 radical (unpaired) electrons. The van der Waals surface area contributed by atoms with E-state index < -0.39 is 0 Å². The number of carbonyl (C=O) groups excluding carboxylic acids is 1. The molecule has 0 saturated heterocycles.